The first-order valence-electron chi connectivity index (χ1n) is 9.59. The van der Waals surface area contributed by atoms with Crippen LogP contribution >= 0.6 is 0 Å². The number of nitrogens with two attached hydrogens (primary N) is 1. The number of rotatable bonds is 7. The molecular formula is C23H22F3N3O2. The number of aromatic nitrogens is 1. The summed E-state index contributed by atoms with van der Waals surface area (Å²) in [6.07, 6.45) is -1.54. The molecule has 8 heteroatoms. The molecule has 3 aromatic rings. The third-order valence-corrected chi connectivity index (χ3v) is 4.49. The van der Waals surface area contributed by atoms with Crippen LogP contribution in [0.15, 0.2) is 54.7 Å². The Labute approximate surface area is 177 Å². The summed E-state index contributed by atoms with van der Waals surface area (Å²) < 4.78 is 42.4. The number of anilines is 1. The lowest BCUT2D eigenvalue weighted by atomic mass is 10.0. The molecule has 2 aromatic carbocycles. The molecule has 0 unspecified atom stereocenters. The molecule has 0 radical (unpaired) electrons. The van der Waals surface area contributed by atoms with Gasteiger partial charge in [0.15, 0.2) is 0 Å². The number of allylic oxidation sites excluding steroid dienone is 1. The molecule has 0 bridgehead atoms. The van der Waals surface area contributed by atoms with Crippen LogP contribution in [-0.2, 0) is 11.3 Å². The normalized spacial score (nSPS) is 11.9. The van der Waals surface area contributed by atoms with Crippen molar-refractivity contribution in [2.45, 2.75) is 19.7 Å². The van der Waals surface area contributed by atoms with Gasteiger partial charge in [-0.1, -0.05) is 24.3 Å². The number of fused-ring (bicyclic) bond motifs is 1. The fourth-order valence-corrected chi connectivity index (χ4v) is 3.03. The second-order valence-electron chi connectivity index (χ2n) is 7.00. The number of amides is 1. The number of carbonyl (C=O) groups is 1. The van der Waals surface area contributed by atoms with Gasteiger partial charge in [-0.3, -0.25) is 9.78 Å². The SMILES string of the molecule is Cc1cc(/C=C/C(F)(F)F)ccc1C(=O)Nc1ccc2cc(COCCN)cnc2c1. The van der Waals surface area contributed by atoms with E-state index in [1.165, 1.54) is 18.2 Å². The molecule has 0 saturated heterocycles. The zero-order valence-corrected chi connectivity index (χ0v) is 16.9. The molecule has 0 atom stereocenters. The lowest BCUT2D eigenvalue weighted by molar-refractivity contribution is -0.0790. The van der Waals surface area contributed by atoms with E-state index in [2.05, 4.69) is 10.3 Å². The number of nitrogens with zero attached hydrogens (tertiary/aromatic N) is 1. The van der Waals surface area contributed by atoms with Crippen LogP contribution in [0.3, 0.4) is 0 Å². The second kappa shape index (κ2) is 9.72. The Morgan fingerprint density at radius 1 is 1.19 bits per heavy atom. The zero-order valence-electron chi connectivity index (χ0n) is 16.9. The van der Waals surface area contributed by atoms with E-state index in [1.807, 2.05) is 12.1 Å². The number of nitrogens with one attached hydrogen (secondary N) is 1. The van der Waals surface area contributed by atoms with Crippen LogP contribution in [0.2, 0.25) is 0 Å². The molecule has 0 aliphatic heterocycles. The van der Waals surface area contributed by atoms with Crippen molar-refractivity contribution in [2.75, 3.05) is 18.5 Å². The minimum Gasteiger partial charge on any atom is -0.375 e. The van der Waals surface area contributed by atoms with E-state index >= 15 is 0 Å². The monoisotopic (exact) mass is 429 g/mol. The average Bonchev–Trinajstić information content (AvgIpc) is 2.72. The number of hydrogen-bond acceptors (Lipinski definition) is 4. The third kappa shape index (κ3) is 6.37. The van der Waals surface area contributed by atoms with Crippen molar-refractivity contribution >= 4 is 28.6 Å². The van der Waals surface area contributed by atoms with Gasteiger partial charge in [0.25, 0.3) is 5.91 Å². The molecule has 0 spiro atoms. The molecule has 0 aliphatic rings. The van der Waals surface area contributed by atoms with Gasteiger partial charge in [-0.15, -0.1) is 0 Å². The van der Waals surface area contributed by atoms with Crippen molar-refractivity contribution in [1.29, 1.82) is 0 Å². The number of carbonyl (C=O) groups excluding carboxylic acids is 1. The fraction of sp³-hybridized carbons (Fsp3) is 0.217. The quantitative estimate of drug-likeness (QED) is 0.527. The van der Waals surface area contributed by atoms with E-state index in [0.717, 1.165) is 17.0 Å². The highest BCUT2D eigenvalue weighted by molar-refractivity contribution is 6.06. The molecule has 0 aliphatic carbocycles. The summed E-state index contributed by atoms with van der Waals surface area (Å²) in [5.41, 5.74) is 8.93. The summed E-state index contributed by atoms with van der Waals surface area (Å²) in [4.78, 5) is 17.1. The summed E-state index contributed by atoms with van der Waals surface area (Å²) in [6, 6.07) is 11.8. The third-order valence-electron chi connectivity index (χ3n) is 4.49. The molecule has 1 aromatic heterocycles. The van der Waals surface area contributed by atoms with E-state index in [0.29, 0.717) is 47.7 Å². The Hall–Kier alpha value is -3.23. The first-order chi connectivity index (χ1) is 14.7. The average molecular weight is 429 g/mol. The lowest BCUT2D eigenvalue weighted by Crippen LogP contribution is -2.13. The van der Waals surface area contributed by atoms with Crippen LogP contribution in [-0.4, -0.2) is 30.2 Å². The standard InChI is InChI=1S/C23H22F3N3O2/c1-15-10-16(6-7-23(24,25)26)2-5-20(15)22(30)29-19-4-3-18-11-17(14-31-9-8-27)13-28-21(18)12-19/h2-7,10-13H,8-9,14,27H2,1H3,(H,29,30)/b7-6+. The van der Waals surface area contributed by atoms with Gasteiger partial charge >= 0.3 is 6.18 Å². The molecule has 1 heterocycles. The number of halogens is 3. The zero-order chi connectivity index (χ0) is 22.4. The summed E-state index contributed by atoms with van der Waals surface area (Å²) in [6.45, 7) is 3.03. The van der Waals surface area contributed by atoms with Crippen LogP contribution < -0.4 is 11.1 Å². The largest absolute Gasteiger partial charge is 0.409 e. The Bertz CT molecular complexity index is 1110. The predicted octanol–water partition coefficient (Wildman–Crippen LogP) is 4.85. The van der Waals surface area contributed by atoms with Gasteiger partial charge < -0.3 is 15.8 Å². The molecule has 0 saturated carbocycles. The minimum absolute atomic E-state index is 0.166. The van der Waals surface area contributed by atoms with E-state index < -0.39 is 6.18 Å². The molecule has 31 heavy (non-hydrogen) atoms. The van der Waals surface area contributed by atoms with Gasteiger partial charge in [-0.2, -0.15) is 13.2 Å². The Morgan fingerprint density at radius 3 is 2.71 bits per heavy atom. The van der Waals surface area contributed by atoms with Crippen molar-refractivity contribution in [1.82, 2.24) is 4.98 Å². The van der Waals surface area contributed by atoms with Crippen LogP contribution in [0.4, 0.5) is 18.9 Å². The molecule has 3 N–H and O–H groups in total. The van der Waals surface area contributed by atoms with Crippen LogP contribution in [0, 0.1) is 6.92 Å². The predicted molar refractivity (Wildman–Crippen MR) is 115 cm³/mol. The van der Waals surface area contributed by atoms with Crippen LogP contribution in [0.5, 0.6) is 0 Å². The smallest absolute Gasteiger partial charge is 0.375 e. The fourth-order valence-electron chi connectivity index (χ4n) is 3.03. The highest BCUT2D eigenvalue weighted by atomic mass is 19.4. The van der Waals surface area contributed by atoms with Gasteiger partial charge in [0, 0.05) is 35.5 Å². The number of alkyl halides is 3. The van der Waals surface area contributed by atoms with Crippen molar-refractivity contribution in [3.05, 3.63) is 77.0 Å². The number of pyridine rings is 1. The van der Waals surface area contributed by atoms with E-state index in [9.17, 15) is 18.0 Å². The van der Waals surface area contributed by atoms with E-state index in [-0.39, 0.29) is 12.0 Å². The van der Waals surface area contributed by atoms with Gasteiger partial charge in [-0.25, -0.2) is 0 Å². The summed E-state index contributed by atoms with van der Waals surface area (Å²) in [7, 11) is 0. The Morgan fingerprint density at radius 2 is 2.00 bits per heavy atom. The molecule has 3 rings (SSSR count). The maximum Gasteiger partial charge on any atom is 0.409 e. The van der Waals surface area contributed by atoms with Crippen LogP contribution in [0.1, 0.15) is 27.0 Å². The maximum atomic E-state index is 12.6. The first kappa shape index (κ1) is 22.5. The van der Waals surface area contributed by atoms with Crippen molar-refractivity contribution in [3.63, 3.8) is 0 Å². The van der Waals surface area contributed by atoms with Gasteiger partial charge in [0.2, 0.25) is 0 Å². The molecule has 0 fully saturated rings. The van der Waals surface area contributed by atoms with Gasteiger partial charge in [-0.05, 0) is 47.9 Å². The molecule has 5 nitrogen and oxygen atoms in total. The summed E-state index contributed by atoms with van der Waals surface area (Å²) in [5, 5.41) is 3.71. The van der Waals surface area contributed by atoms with Gasteiger partial charge in [0.1, 0.15) is 0 Å². The first-order valence-corrected chi connectivity index (χ1v) is 9.59. The van der Waals surface area contributed by atoms with Crippen molar-refractivity contribution < 1.29 is 22.7 Å². The number of aryl methyl sites for hydroxylation is 1. The van der Waals surface area contributed by atoms with Crippen molar-refractivity contribution in [2.24, 2.45) is 5.73 Å². The molecular weight excluding hydrogens is 407 g/mol. The van der Waals surface area contributed by atoms with E-state index in [4.69, 9.17) is 10.5 Å². The highest BCUT2D eigenvalue weighted by Gasteiger charge is 2.21. The highest BCUT2D eigenvalue weighted by Crippen LogP contribution is 2.22. The molecule has 1 amide bonds. The molecule has 162 valence electrons. The Kier molecular flexibility index (Phi) is 7.04. The number of hydrogen-bond donors (Lipinski definition) is 2. The Balaban J connectivity index is 1.72. The summed E-state index contributed by atoms with van der Waals surface area (Å²) >= 11 is 0. The van der Waals surface area contributed by atoms with E-state index in [1.54, 1.807) is 25.3 Å². The van der Waals surface area contributed by atoms with Crippen molar-refractivity contribution in [3.8, 4) is 0 Å². The maximum absolute atomic E-state index is 12.6. The lowest BCUT2D eigenvalue weighted by Gasteiger charge is -2.10. The van der Waals surface area contributed by atoms with Gasteiger partial charge in [0.05, 0.1) is 18.7 Å². The number of ether oxygens (including phenoxy) is 1. The minimum atomic E-state index is -4.38. The van der Waals surface area contributed by atoms with Crippen LogP contribution in [0.25, 0.3) is 17.0 Å². The number of benzene rings is 2. The topological polar surface area (TPSA) is 77.2 Å². The second-order valence-corrected chi connectivity index (χ2v) is 7.00. The summed E-state index contributed by atoms with van der Waals surface area (Å²) in [5.74, 6) is -0.352.